The average molecular weight is 418 g/mol. The summed E-state index contributed by atoms with van der Waals surface area (Å²) in [7, 11) is 0. The van der Waals surface area contributed by atoms with Crippen LogP contribution in [0, 0.1) is 0 Å². The topological polar surface area (TPSA) is 43.7 Å². The Hall–Kier alpha value is -1.22. The molecule has 0 unspecified atom stereocenters. The minimum absolute atomic E-state index is 0.104. The Morgan fingerprint density at radius 2 is 1.10 bits per heavy atom. The summed E-state index contributed by atoms with van der Waals surface area (Å²) < 4.78 is 0. The molecular formula is C27H47NO2. The number of rotatable bonds is 16. The van der Waals surface area contributed by atoms with Gasteiger partial charge in [0.1, 0.15) is 0 Å². The van der Waals surface area contributed by atoms with Crippen molar-refractivity contribution in [1.29, 1.82) is 0 Å². The fourth-order valence-corrected chi connectivity index (χ4v) is 4.68. The van der Waals surface area contributed by atoms with E-state index in [0.29, 0.717) is 0 Å². The Kier molecular flexibility index (Phi) is 13.0. The van der Waals surface area contributed by atoms with E-state index in [1.807, 2.05) is 12.1 Å². The Morgan fingerprint density at radius 1 is 0.633 bits per heavy atom. The number of phenols is 2. The summed E-state index contributed by atoms with van der Waals surface area (Å²) in [4.78, 5) is 2.38. The van der Waals surface area contributed by atoms with E-state index in [0.717, 1.165) is 43.6 Å². The van der Waals surface area contributed by atoms with Crippen LogP contribution in [0.4, 0.5) is 0 Å². The van der Waals surface area contributed by atoms with Crippen molar-refractivity contribution in [1.82, 2.24) is 4.90 Å². The van der Waals surface area contributed by atoms with Crippen molar-refractivity contribution in [3.8, 4) is 11.5 Å². The van der Waals surface area contributed by atoms with Gasteiger partial charge < -0.3 is 10.2 Å². The highest BCUT2D eigenvalue weighted by molar-refractivity contribution is 5.50. The molecule has 1 saturated heterocycles. The van der Waals surface area contributed by atoms with E-state index < -0.39 is 0 Å². The second-order valence-electron chi connectivity index (χ2n) is 9.41. The molecule has 0 saturated carbocycles. The van der Waals surface area contributed by atoms with E-state index in [-0.39, 0.29) is 11.5 Å². The van der Waals surface area contributed by atoms with Crippen LogP contribution < -0.4 is 0 Å². The smallest absolute Gasteiger partial charge is 0.162 e. The van der Waals surface area contributed by atoms with Gasteiger partial charge in [-0.05, 0) is 44.3 Å². The number of nitrogens with zero attached hydrogens (tertiary/aromatic N) is 1. The largest absolute Gasteiger partial charge is 0.504 e. The van der Waals surface area contributed by atoms with Crippen LogP contribution in [-0.2, 0) is 13.0 Å². The van der Waals surface area contributed by atoms with Gasteiger partial charge in [0.25, 0.3) is 0 Å². The molecule has 0 amide bonds. The van der Waals surface area contributed by atoms with Gasteiger partial charge in [0, 0.05) is 12.1 Å². The lowest BCUT2D eigenvalue weighted by Gasteiger charge is -2.26. The summed E-state index contributed by atoms with van der Waals surface area (Å²) in [6, 6.07) is 4.04. The van der Waals surface area contributed by atoms with E-state index in [1.165, 1.54) is 96.3 Å². The highest BCUT2D eigenvalue weighted by Gasteiger charge is 2.16. The molecule has 1 fully saturated rings. The fourth-order valence-electron chi connectivity index (χ4n) is 4.68. The van der Waals surface area contributed by atoms with Gasteiger partial charge in [-0.2, -0.15) is 0 Å². The van der Waals surface area contributed by atoms with E-state index in [2.05, 4.69) is 11.8 Å². The molecule has 0 bridgehead atoms. The molecule has 30 heavy (non-hydrogen) atoms. The maximum Gasteiger partial charge on any atom is 0.162 e. The fraction of sp³-hybridized carbons (Fsp3) is 0.778. The predicted molar refractivity (Wildman–Crippen MR) is 128 cm³/mol. The van der Waals surface area contributed by atoms with Gasteiger partial charge >= 0.3 is 0 Å². The van der Waals surface area contributed by atoms with Crippen molar-refractivity contribution in [3.05, 3.63) is 23.3 Å². The predicted octanol–water partition coefficient (Wildman–Crippen LogP) is 7.72. The van der Waals surface area contributed by atoms with Gasteiger partial charge in [-0.15, -0.1) is 0 Å². The summed E-state index contributed by atoms with van der Waals surface area (Å²) in [6.07, 6.45) is 22.2. The number of unbranched alkanes of at least 4 members (excludes halogenated alkanes) is 12. The Labute approximate surface area is 185 Å². The third kappa shape index (κ3) is 9.73. The quantitative estimate of drug-likeness (QED) is 0.214. The number of phenolic OH excluding ortho intramolecular Hbond substituents is 2. The lowest BCUT2D eigenvalue weighted by molar-refractivity contribution is 0.218. The van der Waals surface area contributed by atoms with Crippen LogP contribution in [0.1, 0.15) is 121 Å². The molecule has 3 heteroatoms. The average Bonchev–Trinajstić information content (AvgIpc) is 2.77. The van der Waals surface area contributed by atoms with E-state index in [9.17, 15) is 10.2 Å². The zero-order valence-electron chi connectivity index (χ0n) is 19.6. The molecule has 2 rings (SSSR count). The molecule has 1 aromatic carbocycles. The molecule has 1 aliphatic heterocycles. The molecular weight excluding hydrogens is 370 g/mol. The number of likely N-dealkylation sites (tertiary alicyclic amines) is 1. The summed E-state index contributed by atoms with van der Waals surface area (Å²) in [5.41, 5.74) is 1.77. The number of hydrogen-bond acceptors (Lipinski definition) is 3. The second kappa shape index (κ2) is 15.6. The normalized spacial score (nSPS) is 15.0. The van der Waals surface area contributed by atoms with Crippen LogP contribution >= 0.6 is 0 Å². The van der Waals surface area contributed by atoms with Crippen molar-refractivity contribution in [2.45, 2.75) is 123 Å². The van der Waals surface area contributed by atoms with Gasteiger partial charge in [-0.3, -0.25) is 4.90 Å². The van der Waals surface area contributed by atoms with Crippen LogP contribution in [0.2, 0.25) is 0 Å². The van der Waals surface area contributed by atoms with E-state index in [1.54, 1.807) is 0 Å². The molecule has 172 valence electrons. The van der Waals surface area contributed by atoms with Crippen LogP contribution in [0.25, 0.3) is 0 Å². The van der Waals surface area contributed by atoms with Crippen LogP contribution in [0.5, 0.6) is 11.5 Å². The number of aromatic hydroxyl groups is 2. The summed E-state index contributed by atoms with van der Waals surface area (Å²) in [5.74, 6) is 0.219. The van der Waals surface area contributed by atoms with Gasteiger partial charge in [-0.1, -0.05) is 103 Å². The molecule has 0 radical (unpaired) electrons. The van der Waals surface area contributed by atoms with Crippen LogP contribution in [-0.4, -0.2) is 28.2 Å². The lowest BCUT2D eigenvalue weighted by Crippen LogP contribution is -2.29. The van der Waals surface area contributed by atoms with Gasteiger partial charge in [-0.25, -0.2) is 0 Å². The lowest BCUT2D eigenvalue weighted by atomic mass is 10.0. The molecule has 0 aromatic heterocycles. The molecule has 0 aliphatic carbocycles. The summed E-state index contributed by atoms with van der Waals surface area (Å²) in [5, 5.41) is 20.9. The zero-order valence-corrected chi connectivity index (χ0v) is 19.6. The first kappa shape index (κ1) is 25.0. The Morgan fingerprint density at radius 3 is 1.67 bits per heavy atom. The van der Waals surface area contributed by atoms with Crippen molar-refractivity contribution in [2.24, 2.45) is 0 Å². The van der Waals surface area contributed by atoms with E-state index in [4.69, 9.17) is 0 Å². The van der Waals surface area contributed by atoms with Crippen molar-refractivity contribution in [2.75, 3.05) is 13.1 Å². The summed E-state index contributed by atoms with van der Waals surface area (Å²) >= 11 is 0. The van der Waals surface area contributed by atoms with Crippen LogP contribution in [0.3, 0.4) is 0 Å². The zero-order chi connectivity index (χ0) is 21.4. The highest BCUT2D eigenvalue weighted by Crippen LogP contribution is 2.34. The van der Waals surface area contributed by atoms with E-state index >= 15 is 0 Å². The van der Waals surface area contributed by atoms with Crippen molar-refractivity contribution < 1.29 is 10.2 Å². The van der Waals surface area contributed by atoms with Gasteiger partial charge in [0.05, 0.1) is 0 Å². The summed E-state index contributed by atoms with van der Waals surface area (Å²) in [6.45, 7) is 5.22. The Bertz CT molecular complexity index is 566. The molecule has 1 aromatic rings. The third-order valence-electron chi connectivity index (χ3n) is 6.71. The minimum atomic E-state index is 0.104. The number of piperidine rings is 1. The van der Waals surface area contributed by atoms with Gasteiger partial charge in [0.15, 0.2) is 11.5 Å². The molecule has 0 atom stereocenters. The maximum atomic E-state index is 10.4. The molecule has 3 nitrogen and oxygen atoms in total. The van der Waals surface area contributed by atoms with Crippen molar-refractivity contribution in [3.63, 3.8) is 0 Å². The third-order valence-corrected chi connectivity index (χ3v) is 6.71. The van der Waals surface area contributed by atoms with Crippen LogP contribution in [0.15, 0.2) is 12.1 Å². The highest BCUT2D eigenvalue weighted by atomic mass is 16.3. The standard InChI is InChI=1S/C27H47NO2/c1-2-3-4-5-6-7-8-9-10-11-12-13-15-18-24-19-20-25(27(30)26(24)29)23-28-21-16-14-17-22-28/h19-20,29-30H,2-18,21-23H2,1H3. The molecule has 2 N–H and O–H groups in total. The number of hydrogen-bond donors (Lipinski definition) is 2. The molecule has 0 spiro atoms. The monoisotopic (exact) mass is 417 g/mol. The maximum absolute atomic E-state index is 10.4. The first-order valence-corrected chi connectivity index (χ1v) is 13.0. The first-order valence-electron chi connectivity index (χ1n) is 13.0. The van der Waals surface area contributed by atoms with Gasteiger partial charge in [0.2, 0.25) is 0 Å². The number of benzene rings is 1. The Balaban J connectivity index is 1.53. The number of aryl methyl sites for hydroxylation is 1. The minimum Gasteiger partial charge on any atom is -0.504 e. The second-order valence-corrected chi connectivity index (χ2v) is 9.41. The first-order chi connectivity index (χ1) is 14.7. The molecule has 1 aliphatic rings. The van der Waals surface area contributed by atoms with Crippen molar-refractivity contribution >= 4 is 0 Å². The SMILES string of the molecule is CCCCCCCCCCCCCCCc1ccc(CN2CCCCC2)c(O)c1O. The molecule has 1 heterocycles.